The largest absolute Gasteiger partial charge is 0.367 e. The van der Waals surface area contributed by atoms with E-state index in [0.717, 1.165) is 16.2 Å². The number of rotatable bonds is 4. The van der Waals surface area contributed by atoms with Crippen LogP contribution in [0.25, 0.3) is 0 Å². The van der Waals surface area contributed by atoms with E-state index in [1.165, 1.54) is 12.1 Å². The molecule has 34 heavy (non-hydrogen) atoms. The minimum Gasteiger partial charge on any atom is -0.367 e. The van der Waals surface area contributed by atoms with Crippen molar-refractivity contribution >= 4 is 46.2 Å². The number of anilines is 3. The van der Waals surface area contributed by atoms with Crippen LogP contribution in [0.5, 0.6) is 0 Å². The number of benzene rings is 3. The average Bonchev–Trinajstić information content (AvgIpc) is 3.08. The van der Waals surface area contributed by atoms with Crippen LogP contribution in [0, 0.1) is 17.0 Å². The average molecular weight is 477 g/mol. The molecular formula is C25H21ClN4O4. The maximum Gasteiger partial charge on any atom is 0.293 e. The lowest BCUT2D eigenvalue weighted by Crippen LogP contribution is -2.46. The maximum atomic E-state index is 13.2. The van der Waals surface area contributed by atoms with Gasteiger partial charge in [-0.25, -0.2) is 4.90 Å². The summed E-state index contributed by atoms with van der Waals surface area (Å²) in [5.74, 6) is -1.03. The van der Waals surface area contributed by atoms with Gasteiger partial charge >= 0.3 is 0 Å². The van der Waals surface area contributed by atoms with Crippen LogP contribution in [0.3, 0.4) is 0 Å². The molecular weight excluding hydrogens is 456 g/mol. The standard InChI is InChI=1S/C25H21ClN4O4/c1-16-6-8-17(9-7-16)29-24(31)18-14-22(23(30(33)34)15-19(18)25(29)32)28-12-10-27(11-13-28)21-5-3-2-4-20(21)26/h2-9,14-15H,10-13H2,1H3. The zero-order chi connectivity index (χ0) is 24.0. The van der Waals surface area contributed by atoms with Crippen LogP contribution in [0.15, 0.2) is 60.7 Å². The van der Waals surface area contributed by atoms with Gasteiger partial charge in [-0.1, -0.05) is 41.4 Å². The van der Waals surface area contributed by atoms with Crippen molar-refractivity contribution in [2.45, 2.75) is 6.92 Å². The molecule has 3 aromatic rings. The molecule has 5 rings (SSSR count). The molecule has 8 nitrogen and oxygen atoms in total. The number of fused-ring (bicyclic) bond motifs is 1. The van der Waals surface area contributed by atoms with Gasteiger partial charge in [0.1, 0.15) is 5.69 Å². The zero-order valence-electron chi connectivity index (χ0n) is 18.4. The predicted molar refractivity (Wildman–Crippen MR) is 131 cm³/mol. The van der Waals surface area contributed by atoms with Crippen molar-refractivity contribution in [2.24, 2.45) is 0 Å². The van der Waals surface area contributed by atoms with Crippen LogP contribution in [0.4, 0.5) is 22.7 Å². The third kappa shape index (κ3) is 3.66. The highest BCUT2D eigenvalue weighted by Crippen LogP contribution is 2.38. The van der Waals surface area contributed by atoms with E-state index in [1.807, 2.05) is 48.2 Å². The molecule has 0 spiro atoms. The van der Waals surface area contributed by atoms with Crippen molar-refractivity contribution < 1.29 is 14.5 Å². The van der Waals surface area contributed by atoms with Gasteiger partial charge in [0.25, 0.3) is 17.5 Å². The fraction of sp³-hybridized carbons (Fsp3) is 0.200. The molecule has 2 aliphatic heterocycles. The molecule has 3 aromatic carbocycles. The Hall–Kier alpha value is -3.91. The van der Waals surface area contributed by atoms with Gasteiger partial charge in [0, 0.05) is 32.2 Å². The molecule has 1 saturated heterocycles. The van der Waals surface area contributed by atoms with Gasteiger partial charge in [0.2, 0.25) is 0 Å². The number of aryl methyl sites for hydroxylation is 1. The number of hydrogen-bond acceptors (Lipinski definition) is 6. The molecule has 2 heterocycles. The lowest BCUT2D eigenvalue weighted by Gasteiger charge is -2.37. The highest BCUT2D eigenvalue weighted by atomic mass is 35.5. The summed E-state index contributed by atoms with van der Waals surface area (Å²) < 4.78 is 0. The van der Waals surface area contributed by atoms with Crippen molar-refractivity contribution in [3.05, 3.63) is 92.5 Å². The van der Waals surface area contributed by atoms with E-state index < -0.39 is 16.7 Å². The van der Waals surface area contributed by atoms with Crippen molar-refractivity contribution in [2.75, 3.05) is 40.9 Å². The molecule has 0 unspecified atom stereocenters. The Labute approximate surface area is 201 Å². The predicted octanol–water partition coefficient (Wildman–Crippen LogP) is 4.68. The number of carbonyl (C=O) groups excluding carboxylic acids is 2. The molecule has 1 fully saturated rings. The number of hydrogen-bond donors (Lipinski definition) is 0. The third-order valence-electron chi connectivity index (χ3n) is 6.28. The minimum atomic E-state index is -0.554. The molecule has 0 bridgehead atoms. The number of para-hydroxylation sites is 1. The summed E-state index contributed by atoms with van der Waals surface area (Å²) in [5.41, 5.74) is 2.74. The van der Waals surface area contributed by atoms with E-state index in [9.17, 15) is 19.7 Å². The van der Waals surface area contributed by atoms with Crippen molar-refractivity contribution in [3.63, 3.8) is 0 Å². The molecule has 0 saturated carbocycles. The molecule has 172 valence electrons. The van der Waals surface area contributed by atoms with E-state index in [0.29, 0.717) is 42.6 Å². The SMILES string of the molecule is Cc1ccc(N2C(=O)c3cc(N4CCN(c5ccccc5Cl)CC4)c([N+](=O)[O-])cc3C2=O)cc1. The van der Waals surface area contributed by atoms with Crippen molar-refractivity contribution in [3.8, 4) is 0 Å². The van der Waals surface area contributed by atoms with Crippen LogP contribution in [0.2, 0.25) is 5.02 Å². The second-order valence-corrected chi connectivity index (χ2v) is 8.76. The lowest BCUT2D eigenvalue weighted by atomic mass is 10.1. The second kappa shape index (κ2) is 8.46. The Morgan fingerprint density at radius 2 is 1.38 bits per heavy atom. The molecule has 2 amide bonds. The maximum absolute atomic E-state index is 13.2. The van der Waals surface area contributed by atoms with Crippen LogP contribution >= 0.6 is 11.6 Å². The Morgan fingerprint density at radius 1 is 0.824 bits per heavy atom. The number of nitrogens with zero attached hydrogens (tertiary/aromatic N) is 4. The molecule has 0 radical (unpaired) electrons. The topological polar surface area (TPSA) is 87.0 Å². The normalized spacial score (nSPS) is 15.6. The van der Waals surface area contributed by atoms with Crippen molar-refractivity contribution in [1.29, 1.82) is 0 Å². The molecule has 9 heteroatoms. The van der Waals surface area contributed by atoms with E-state index in [2.05, 4.69) is 4.90 Å². The molecule has 0 aliphatic carbocycles. The first-order valence-corrected chi connectivity index (χ1v) is 11.3. The van der Waals surface area contributed by atoms with E-state index in [-0.39, 0.29) is 16.8 Å². The van der Waals surface area contributed by atoms with E-state index >= 15 is 0 Å². The van der Waals surface area contributed by atoms with Gasteiger partial charge < -0.3 is 9.80 Å². The lowest BCUT2D eigenvalue weighted by molar-refractivity contribution is -0.384. The Morgan fingerprint density at radius 3 is 1.97 bits per heavy atom. The molecule has 0 aromatic heterocycles. The van der Waals surface area contributed by atoms with Gasteiger partial charge in [0.15, 0.2) is 0 Å². The monoisotopic (exact) mass is 476 g/mol. The number of nitro benzene ring substituents is 1. The highest BCUT2D eigenvalue weighted by Gasteiger charge is 2.40. The van der Waals surface area contributed by atoms with Gasteiger partial charge in [-0.15, -0.1) is 0 Å². The smallest absolute Gasteiger partial charge is 0.293 e. The third-order valence-corrected chi connectivity index (χ3v) is 6.60. The number of halogens is 1. The number of imide groups is 1. The van der Waals surface area contributed by atoms with E-state index in [4.69, 9.17) is 11.6 Å². The Kier molecular flexibility index (Phi) is 5.45. The van der Waals surface area contributed by atoms with Gasteiger partial charge in [-0.3, -0.25) is 19.7 Å². The number of nitro groups is 1. The fourth-order valence-corrected chi connectivity index (χ4v) is 4.74. The molecule has 2 aliphatic rings. The molecule has 0 N–H and O–H groups in total. The highest BCUT2D eigenvalue weighted by molar-refractivity contribution is 6.35. The van der Waals surface area contributed by atoms with Crippen LogP contribution in [0.1, 0.15) is 26.3 Å². The summed E-state index contributed by atoms with van der Waals surface area (Å²) in [5, 5.41) is 12.6. The summed E-state index contributed by atoms with van der Waals surface area (Å²) in [6, 6.07) is 17.3. The van der Waals surface area contributed by atoms with Crippen LogP contribution in [-0.2, 0) is 0 Å². The summed E-state index contributed by atoms with van der Waals surface area (Å²) >= 11 is 6.33. The quantitative estimate of drug-likeness (QED) is 0.308. The Balaban J connectivity index is 1.46. The van der Waals surface area contributed by atoms with Gasteiger partial charge in [-0.2, -0.15) is 0 Å². The summed E-state index contributed by atoms with van der Waals surface area (Å²) in [4.78, 5) is 42.7. The number of piperazine rings is 1. The first-order valence-electron chi connectivity index (χ1n) is 10.9. The summed E-state index contributed by atoms with van der Waals surface area (Å²) in [6.45, 7) is 4.15. The summed E-state index contributed by atoms with van der Waals surface area (Å²) in [7, 11) is 0. The molecule has 0 atom stereocenters. The Bertz CT molecular complexity index is 1320. The van der Waals surface area contributed by atoms with Gasteiger partial charge in [0.05, 0.1) is 32.4 Å². The van der Waals surface area contributed by atoms with Gasteiger partial charge in [-0.05, 0) is 37.3 Å². The fourth-order valence-electron chi connectivity index (χ4n) is 4.49. The summed E-state index contributed by atoms with van der Waals surface area (Å²) in [6.07, 6.45) is 0. The first kappa shape index (κ1) is 21.9. The second-order valence-electron chi connectivity index (χ2n) is 8.35. The minimum absolute atomic E-state index is 0.0516. The zero-order valence-corrected chi connectivity index (χ0v) is 19.2. The number of amides is 2. The first-order chi connectivity index (χ1) is 16.3. The van der Waals surface area contributed by atoms with E-state index in [1.54, 1.807) is 12.1 Å². The van der Waals surface area contributed by atoms with Crippen LogP contribution in [-0.4, -0.2) is 42.9 Å². The number of carbonyl (C=O) groups is 2. The van der Waals surface area contributed by atoms with Crippen LogP contribution < -0.4 is 14.7 Å². The van der Waals surface area contributed by atoms with Crippen molar-refractivity contribution in [1.82, 2.24) is 0 Å².